The summed E-state index contributed by atoms with van der Waals surface area (Å²) in [4.78, 5) is 27.2. The summed E-state index contributed by atoms with van der Waals surface area (Å²) in [7, 11) is 0. The van der Waals surface area contributed by atoms with Crippen LogP contribution >= 0.6 is 0 Å². The van der Waals surface area contributed by atoms with E-state index in [0.29, 0.717) is 11.1 Å². The van der Waals surface area contributed by atoms with E-state index in [0.717, 1.165) is 11.1 Å². The SMILES string of the molecule is CC1(C)O[C@H]2[C@@H](O1)[C@@H](CO[C@H]1O[C@H](COC(=O)c3ccccc3)[C@H](OC(=O)c3ccccc3)[C@H](OCc3ccccc3)[C@H]1OCc1ccccc1)O[C@@H]1OC(C)(C)O[C@@H]12. The van der Waals surface area contributed by atoms with Gasteiger partial charge in [-0.1, -0.05) is 97.1 Å². The van der Waals surface area contributed by atoms with Crippen molar-refractivity contribution in [3.8, 4) is 0 Å². The summed E-state index contributed by atoms with van der Waals surface area (Å²) >= 11 is 0. The van der Waals surface area contributed by atoms with Crippen LogP contribution in [0.25, 0.3) is 0 Å². The highest BCUT2D eigenvalue weighted by molar-refractivity contribution is 5.90. The third-order valence-corrected chi connectivity index (χ3v) is 10.5. The molecule has 0 radical (unpaired) electrons. The molecular formula is C46H50O13. The van der Waals surface area contributed by atoms with Crippen molar-refractivity contribution in [1.82, 2.24) is 0 Å². The first kappa shape index (κ1) is 41.2. The number of benzene rings is 4. The second-order valence-corrected chi connectivity index (χ2v) is 15.8. The maximum absolute atomic E-state index is 13.9. The smallest absolute Gasteiger partial charge is 0.338 e. The molecule has 4 fully saturated rings. The normalized spacial score (nSPS) is 30.5. The van der Waals surface area contributed by atoms with Gasteiger partial charge in [0.25, 0.3) is 0 Å². The molecule has 0 spiro atoms. The topological polar surface area (TPSA) is 136 Å². The van der Waals surface area contributed by atoms with Gasteiger partial charge in [-0.25, -0.2) is 9.59 Å². The summed E-state index contributed by atoms with van der Waals surface area (Å²) < 4.78 is 70.5. The van der Waals surface area contributed by atoms with Crippen LogP contribution in [0.2, 0.25) is 0 Å². The van der Waals surface area contributed by atoms with Crippen molar-refractivity contribution in [3.63, 3.8) is 0 Å². The molecule has 59 heavy (non-hydrogen) atoms. The van der Waals surface area contributed by atoms with Crippen molar-refractivity contribution >= 4 is 11.9 Å². The average molecular weight is 811 g/mol. The second kappa shape index (κ2) is 18.0. The van der Waals surface area contributed by atoms with Gasteiger partial charge in [0, 0.05) is 0 Å². The minimum absolute atomic E-state index is 0.0557. The molecule has 4 aliphatic heterocycles. The number of carbonyl (C=O) groups is 2. The van der Waals surface area contributed by atoms with Crippen LogP contribution in [-0.2, 0) is 65.3 Å². The molecule has 0 amide bonds. The van der Waals surface area contributed by atoms with Gasteiger partial charge < -0.3 is 52.1 Å². The molecule has 0 bridgehead atoms. The third kappa shape index (κ3) is 9.92. The summed E-state index contributed by atoms with van der Waals surface area (Å²) in [6, 6.07) is 36.5. The molecule has 4 aliphatic rings. The van der Waals surface area contributed by atoms with Gasteiger partial charge in [0.15, 0.2) is 30.3 Å². The van der Waals surface area contributed by atoms with E-state index in [1.54, 1.807) is 54.6 Å². The van der Waals surface area contributed by atoms with Crippen molar-refractivity contribution < 1.29 is 61.7 Å². The first-order chi connectivity index (χ1) is 28.5. The summed E-state index contributed by atoms with van der Waals surface area (Å²) in [5, 5.41) is 0. The molecular weight excluding hydrogens is 760 g/mol. The third-order valence-electron chi connectivity index (χ3n) is 10.5. The fourth-order valence-corrected chi connectivity index (χ4v) is 7.79. The fraction of sp³-hybridized carbons (Fsp3) is 0.435. The predicted molar refractivity (Wildman–Crippen MR) is 210 cm³/mol. The van der Waals surface area contributed by atoms with Crippen molar-refractivity contribution in [2.75, 3.05) is 13.2 Å². The summed E-state index contributed by atoms with van der Waals surface area (Å²) in [6.45, 7) is 7.23. The molecule has 0 aromatic heterocycles. The van der Waals surface area contributed by atoms with Crippen molar-refractivity contribution in [2.45, 2.75) is 114 Å². The molecule has 13 nitrogen and oxygen atoms in total. The molecule has 0 N–H and O–H groups in total. The van der Waals surface area contributed by atoms with Gasteiger partial charge in [-0.15, -0.1) is 0 Å². The van der Waals surface area contributed by atoms with Crippen molar-refractivity contribution in [1.29, 1.82) is 0 Å². The number of carbonyl (C=O) groups excluding carboxylic acids is 2. The standard InChI is InChI=1S/C46H50O13/c1-45(2)56-36-34(54-44-40(38(36)57-45)58-46(3,4)59-44)28-52-43-39(50-26-30-19-11-6-12-20-30)37(49-25-29-17-9-5-10-18-29)35(55-42(48)32-23-15-8-16-24-32)33(53-43)27-51-41(47)31-21-13-7-14-22-31/h5-24,33-40,43-44H,25-28H2,1-4H3/t33-,34-,35+,36+,37+,38+,39-,40-,43+,44-/m1/s1. The van der Waals surface area contributed by atoms with Crippen LogP contribution in [0.3, 0.4) is 0 Å². The van der Waals surface area contributed by atoms with E-state index < -0.39 is 84.9 Å². The van der Waals surface area contributed by atoms with Crippen LogP contribution in [0, 0.1) is 0 Å². The van der Waals surface area contributed by atoms with Crippen molar-refractivity contribution in [3.05, 3.63) is 144 Å². The van der Waals surface area contributed by atoms with Crippen LogP contribution in [0.4, 0.5) is 0 Å². The number of rotatable bonds is 14. The van der Waals surface area contributed by atoms with E-state index in [-0.39, 0.29) is 26.4 Å². The zero-order valence-corrected chi connectivity index (χ0v) is 33.5. The monoisotopic (exact) mass is 810 g/mol. The minimum Gasteiger partial charge on any atom is -0.459 e. The van der Waals surface area contributed by atoms with Crippen LogP contribution in [0.1, 0.15) is 59.5 Å². The molecule has 312 valence electrons. The Kier molecular flexibility index (Phi) is 12.6. The Labute approximate surface area is 343 Å². The predicted octanol–water partition coefficient (Wildman–Crippen LogP) is 6.38. The van der Waals surface area contributed by atoms with E-state index in [1.807, 2.05) is 94.4 Å². The Morgan fingerprint density at radius 1 is 0.508 bits per heavy atom. The van der Waals surface area contributed by atoms with E-state index >= 15 is 0 Å². The largest absolute Gasteiger partial charge is 0.459 e. The average Bonchev–Trinajstić information content (AvgIpc) is 3.75. The Hall–Kier alpha value is -4.54. The first-order valence-electron chi connectivity index (χ1n) is 19.9. The van der Waals surface area contributed by atoms with Gasteiger partial charge in [-0.05, 0) is 63.1 Å². The van der Waals surface area contributed by atoms with Gasteiger partial charge in [0.2, 0.25) is 0 Å². The molecule has 13 heteroatoms. The lowest BCUT2D eigenvalue weighted by Crippen LogP contribution is -2.63. The van der Waals surface area contributed by atoms with E-state index in [1.165, 1.54) is 0 Å². The Bertz CT molecular complexity index is 1980. The zero-order valence-electron chi connectivity index (χ0n) is 33.5. The highest BCUT2D eigenvalue weighted by Crippen LogP contribution is 2.44. The lowest BCUT2D eigenvalue weighted by molar-refractivity contribution is -0.329. The molecule has 4 saturated heterocycles. The Morgan fingerprint density at radius 2 is 1.02 bits per heavy atom. The molecule has 4 aromatic rings. The highest BCUT2D eigenvalue weighted by atomic mass is 16.9. The van der Waals surface area contributed by atoms with Crippen LogP contribution < -0.4 is 0 Å². The Morgan fingerprint density at radius 3 is 1.63 bits per heavy atom. The maximum Gasteiger partial charge on any atom is 0.338 e. The van der Waals surface area contributed by atoms with Gasteiger partial charge in [0.1, 0.15) is 49.3 Å². The number of hydrogen-bond donors (Lipinski definition) is 0. The molecule has 4 heterocycles. The van der Waals surface area contributed by atoms with Crippen LogP contribution in [-0.4, -0.2) is 98.1 Å². The number of ether oxygens (including phenoxy) is 11. The summed E-state index contributed by atoms with van der Waals surface area (Å²) in [5.41, 5.74) is 2.42. The number of hydrogen-bond acceptors (Lipinski definition) is 13. The first-order valence-corrected chi connectivity index (χ1v) is 19.9. The number of esters is 2. The van der Waals surface area contributed by atoms with Crippen molar-refractivity contribution in [2.24, 2.45) is 0 Å². The highest BCUT2D eigenvalue weighted by Gasteiger charge is 2.61. The molecule has 0 saturated carbocycles. The lowest BCUT2D eigenvalue weighted by Gasteiger charge is -2.46. The van der Waals surface area contributed by atoms with Gasteiger partial charge in [0.05, 0.1) is 30.9 Å². The summed E-state index contributed by atoms with van der Waals surface area (Å²) in [6.07, 6.45) is -8.39. The summed E-state index contributed by atoms with van der Waals surface area (Å²) in [5.74, 6) is -3.03. The Balaban J connectivity index is 1.12. The molecule has 4 aromatic carbocycles. The van der Waals surface area contributed by atoms with Gasteiger partial charge in [-0.2, -0.15) is 0 Å². The second-order valence-electron chi connectivity index (χ2n) is 15.8. The van der Waals surface area contributed by atoms with E-state index in [9.17, 15) is 9.59 Å². The van der Waals surface area contributed by atoms with Gasteiger partial charge in [-0.3, -0.25) is 0 Å². The van der Waals surface area contributed by atoms with E-state index in [4.69, 9.17) is 52.1 Å². The maximum atomic E-state index is 13.9. The fourth-order valence-electron chi connectivity index (χ4n) is 7.79. The molecule has 0 unspecified atom stereocenters. The molecule has 10 atom stereocenters. The zero-order chi connectivity index (χ0) is 41.0. The van der Waals surface area contributed by atoms with Crippen LogP contribution in [0.5, 0.6) is 0 Å². The van der Waals surface area contributed by atoms with Gasteiger partial charge >= 0.3 is 11.9 Å². The number of fused-ring (bicyclic) bond motifs is 3. The van der Waals surface area contributed by atoms with E-state index in [2.05, 4.69) is 0 Å². The lowest BCUT2D eigenvalue weighted by atomic mass is 9.97. The molecule has 0 aliphatic carbocycles. The molecule has 8 rings (SSSR count). The quantitative estimate of drug-likeness (QED) is 0.131. The van der Waals surface area contributed by atoms with Crippen LogP contribution in [0.15, 0.2) is 121 Å². The minimum atomic E-state index is -1.15.